The molecule has 1 atom stereocenters. The summed E-state index contributed by atoms with van der Waals surface area (Å²) in [6, 6.07) is 16.5. The molecule has 0 heterocycles. The summed E-state index contributed by atoms with van der Waals surface area (Å²) >= 11 is 5.41. The minimum absolute atomic E-state index is 0.130. The molecule has 23 heavy (non-hydrogen) atoms. The molecule has 0 amide bonds. The van der Waals surface area contributed by atoms with Gasteiger partial charge in [0, 0.05) is 0 Å². The minimum atomic E-state index is 0.130. The highest BCUT2D eigenvalue weighted by molar-refractivity contribution is 7.80. The van der Waals surface area contributed by atoms with Gasteiger partial charge in [0.15, 0.2) is 5.11 Å². The second-order valence-corrected chi connectivity index (χ2v) is 6.25. The van der Waals surface area contributed by atoms with Gasteiger partial charge in [0.05, 0.1) is 18.8 Å². The van der Waals surface area contributed by atoms with Gasteiger partial charge in [0.2, 0.25) is 0 Å². The zero-order valence-electron chi connectivity index (χ0n) is 14.1. The summed E-state index contributed by atoms with van der Waals surface area (Å²) in [5.41, 5.74) is 3.41. The van der Waals surface area contributed by atoms with Crippen LogP contribution >= 0.6 is 12.2 Å². The molecule has 2 rings (SSSR count). The van der Waals surface area contributed by atoms with Crippen molar-refractivity contribution < 1.29 is 4.74 Å². The first-order chi connectivity index (χ1) is 11.0. The number of benzene rings is 2. The van der Waals surface area contributed by atoms with E-state index in [4.69, 9.17) is 17.0 Å². The molecule has 0 aliphatic heterocycles. The van der Waals surface area contributed by atoms with Crippen LogP contribution in [0.15, 0.2) is 48.5 Å². The van der Waals surface area contributed by atoms with Crippen molar-refractivity contribution in [1.29, 1.82) is 0 Å². The first-order valence-electron chi connectivity index (χ1n) is 7.81. The van der Waals surface area contributed by atoms with Crippen molar-refractivity contribution in [1.82, 2.24) is 5.32 Å². The molecule has 0 saturated carbocycles. The van der Waals surface area contributed by atoms with E-state index in [1.165, 1.54) is 11.1 Å². The Balaban J connectivity index is 1.99. The molecule has 0 aromatic heterocycles. The number of nitrogens with one attached hydrogen (secondary N) is 2. The zero-order chi connectivity index (χ0) is 16.8. The number of hydrogen-bond donors (Lipinski definition) is 2. The highest BCUT2D eigenvalue weighted by Gasteiger charge is 2.09. The highest BCUT2D eigenvalue weighted by Crippen LogP contribution is 2.23. The number of thiocarbonyl (C=S) groups is 1. The average molecular weight is 328 g/mol. The van der Waals surface area contributed by atoms with Gasteiger partial charge in [0.1, 0.15) is 5.75 Å². The van der Waals surface area contributed by atoms with E-state index in [1.54, 1.807) is 7.11 Å². The van der Waals surface area contributed by atoms with Crippen molar-refractivity contribution in [3.8, 4) is 5.75 Å². The van der Waals surface area contributed by atoms with Crippen LogP contribution in [0.5, 0.6) is 5.75 Å². The topological polar surface area (TPSA) is 33.3 Å². The van der Waals surface area contributed by atoms with Gasteiger partial charge in [-0.25, -0.2) is 0 Å². The lowest BCUT2D eigenvalue weighted by Gasteiger charge is -2.19. The Morgan fingerprint density at radius 3 is 2.17 bits per heavy atom. The van der Waals surface area contributed by atoms with Crippen LogP contribution in [0.4, 0.5) is 5.69 Å². The molecule has 4 heteroatoms. The number of rotatable bonds is 5. The molecular formula is C19H24N2OS. The van der Waals surface area contributed by atoms with Crippen LogP contribution in [-0.4, -0.2) is 12.2 Å². The van der Waals surface area contributed by atoms with E-state index in [2.05, 4.69) is 55.7 Å². The van der Waals surface area contributed by atoms with E-state index in [0.717, 1.165) is 11.4 Å². The van der Waals surface area contributed by atoms with Crippen molar-refractivity contribution in [2.24, 2.45) is 0 Å². The molecule has 0 bridgehead atoms. The molecule has 3 nitrogen and oxygen atoms in total. The van der Waals surface area contributed by atoms with E-state index in [0.29, 0.717) is 11.0 Å². The smallest absolute Gasteiger partial charge is 0.171 e. The molecule has 0 aliphatic rings. The van der Waals surface area contributed by atoms with Gasteiger partial charge in [-0.15, -0.1) is 0 Å². The fourth-order valence-corrected chi connectivity index (χ4v) is 2.64. The second kappa shape index (κ2) is 7.97. The average Bonchev–Trinajstić information content (AvgIpc) is 2.55. The third-order valence-electron chi connectivity index (χ3n) is 3.81. The van der Waals surface area contributed by atoms with Crippen LogP contribution in [-0.2, 0) is 0 Å². The zero-order valence-corrected chi connectivity index (χ0v) is 14.9. The number of hydrogen-bond acceptors (Lipinski definition) is 2. The number of methoxy groups -OCH3 is 1. The van der Waals surface area contributed by atoms with Gasteiger partial charge >= 0.3 is 0 Å². The van der Waals surface area contributed by atoms with Gasteiger partial charge in [-0.05, 0) is 48.3 Å². The van der Waals surface area contributed by atoms with E-state index in [1.807, 2.05) is 24.3 Å². The molecule has 0 spiro atoms. The monoisotopic (exact) mass is 328 g/mol. The quantitative estimate of drug-likeness (QED) is 0.768. The first kappa shape index (κ1) is 17.3. The Labute approximate surface area is 144 Å². The number of para-hydroxylation sites is 2. The van der Waals surface area contributed by atoms with Crippen LogP contribution < -0.4 is 15.4 Å². The van der Waals surface area contributed by atoms with Crippen molar-refractivity contribution in [3.63, 3.8) is 0 Å². The normalized spacial score (nSPS) is 11.9. The van der Waals surface area contributed by atoms with Gasteiger partial charge in [-0.1, -0.05) is 50.2 Å². The van der Waals surface area contributed by atoms with Crippen LogP contribution in [0.2, 0.25) is 0 Å². The maximum absolute atomic E-state index is 5.41. The molecule has 0 saturated heterocycles. The maximum atomic E-state index is 5.41. The van der Waals surface area contributed by atoms with Crippen molar-refractivity contribution in [3.05, 3.63) is 59.7 Å². The Morgan fingerprint density at radius 2 is 1.57 bits per heavy atom. The van der Waals surface area contributed by atoms with Crippen LogP contribution in [0.3, 0.4) is 0 Å². The Bertz CT molecular complexity index is 653. The predicted molar refractivity (Wildman–Crippen MR) is 101 cm³/mol. The predicted octanol–water partition coefficient (Wildman–Crippen LogP) is 4.87. The van der Waals surface area contributed by atoms with Crippen molar-refractivity contribution in [2.45, 2.75) is 32.7 Å². The Hall–Kier alpha value is -2.07. The molecule has 0 aliphatic carbocycles. The summed E-state index contributed by atoms with van der Waals surface area (Å²) in [6.45, 7) is 6.49. The lowest BCUT2D eigenvalue weighted by molar-refractivity contribution is 0.417. The van der Waals surface area contributed by atoms with Crippen LogP contribution in [0.25, 0.3) is 0 Å². The molecule has 0 fully saturated rings. The summed E-state index contributed by atoms with van der Waals surface area (Å²) in [5, 5.41) is 7.08. The van der Waals surface area contributed by atoms with Crippen molar-refractivity contribution >= 4 is 23.0 Å². The second-order valence-electron chi connectivity index (χ2n) is 5.84. The fourth-order valence-electron chi connectivity index (χ4n) is 2.36. The van der Waals surface area contributed by atoms with Gasteiger partial charge in [-0.2, -0.15) is 0 Å². The summed E-state index contributed by atoms with van der Waals surface area (Å²) in [5.74, 6) is 1.31. The Morgan fingerprint density at radius 1 is 0.957 bits per heavy atom. The van der Waals surface area contributed by atoms with Crippen molar-refractivity contribution in [2.75, 3.05) is 12.4 Å². The Kier molecular flexibility index (Phi) is 5.99. The summed E-state index contributed by atoms with van der Waals surface area (Å²) in [6.07, 6.45) is 0. The first-order valence-corrected chi connectivity index (χ1v) is 8.22. The summed E-state index contributed by atoms with van der Waals surface area (Å²) < 4.78 is 5.32. The minimum Gasteiger partial charge on any atom is -0.495 e. The van der Waals surface area contributed by atoms with E-state index in [9.17, 15) is 0 Å². The molecular weight excluding hydrogens is 304 g/mol. The number of anilines is 1. The van der Waals surface area contributed by atoms with Gasteiger partial charge in [-0.3, -0.25) is 0 Å². The van der Waals surface area contributed by atoms with Gasteiger partial charge < -0.3 is 15.4 Å². The number of ether oxygens (including phenoxy) is 1. The third kappa shape index (κ3) is 4.70. The highest BCUT2D eigenvalue weighted by atomic mass is 32.1. The fraction of sp³-hybridized carbons (Fsp3) is 0.316. The third-order valence-corrected chi connectivity index (χ3v) is 4.03. The lowest BCUT2D eigenvalue weighted by Crippen LogP contribution is -2.31. The standard InChI is InChI=1S/C19H24N2OS/c1-13(2)15-9-11-16(12-10-15)14(3)20-19(23)21-17-7-5-6-8-18(17)22-4/h5-14H,1-4H3,(H2,20,21,23). The molecule has 2 aromatic carbocycles. The lowest BCUT2D eigenvalue weighted by atomic mass is 10.00. The SMILES string of the molecule is COc1ccccc1NC(=S)NC(C)c1ccc(C(C)C)cc1. The molecule has 122 valence electrons. The van der Waals surface area contributed by atoms with E-state index in [-0.39, 0.29) is 6.04 Å². The molecule has 0 radical (unpaired) electrons. The summed E-state index contributed by atoms with van der Waals surface area (Å²) in [7, 11) is 1.65. The van der Waals surface area contributed by atoms with E-state index < -0.39 is 0 Å². The maximum Gasteiger partial charge on any atom is 0.171 e. The largest absolute Gasteiger partial charge is 0.495 e. The summed E-state index contributed by atoms with van der Waals surface area (Å²) in [4.78, 5) is 0. The molecule has 2 N–H and O–H groups in total. The van der Waals surface area contributed by atoms with Crippen LogP contribution in [0, 0.1) is 0 Å². The van der Waals surface area contributed by atoms with Crippen LogP contribution in [0.1, 0.15) is 43.9 Å². The molecule has 1 unspecified atom stereocenters. The van der Waals surface area contributed by atoms with E-state index >= 15 is 0 Å². The molecule has 2 aromatic rings. The van der Waals surface area contributed by atoms with Gasteiger partial charge in [0.25, 0.3) is 0 Å².